The SMILES string of the molecule is CC(CC(=O)NC[C@H](C)O)C1CCCNC1. The van der Waals surface area contributed by atoms with Crippen molar-refractivity contribution in [1.82, 2.24) is 10.6 Å². The summed E-state index contributed by atoms with van der Waals surface area (Å²) in [6.07, 6.45) is 2.54. The zero-order chi connectivity index (χ0) is 12.0. The second-order valence-corrected chi connectivity index (χ2v) is 4.94. The Morgan fingerprint density at radius 1 is 1.56 bits per heavy atom. The Morgan fingerprint density at radius 3 is 2.88 bits per heavy atom. The minimum atomic E-state index is -0.462. The molecule has 1 aliphatic rings. The summed E-state index contributed by atoms with van der Waals surface area (Å²) in [7, 11) is 0. The second-order valence-electron chi connectivity index (χ2n) is 4.94. The van der Waals surface area contributed by atoms with Crippen LogP contribution in [-0.2, 0) is 4.79 Å². The lowest BCUT2D eigenvalue weighted by molar-refractivity contribution is -0.122. The third-order valence-corrected chi connectivity index (χ3v) is 3.24. The van der Waals surface area contributed by atoms with Gasteiger partial charge in [-0.3, -0.25) is 4.79 Å². The minimum Gasteiger partial charge on any atom is -0.392 e. The highest BCUT2D eigenvalue weighted by Gasteiger charge is 2.21. The molecule has 0 radical (unpaired) electrons. The summed E-state index contributed by atoms with van der Waals surface area (Å²) < 4.78 is 0. The Morgan fingerprint density at radius 2 is 2.31 bits per heavy atom. The van der Waals surface area contributed by atoms with E-state index in [1.165, 1.54) is 12.8 Å². The van der Waals surface area contributed by atoms with Crippen LogP contribution in [-0.4, -0.2) is 36.8 Å². The largest absolute Gasteiger partial charge is 0.392 e. The Labute approximate surface area is 97.8 Å². The van der Waals surface area contributed by atoms with Crippen molar-refractivity contribution in [2.45, 2.75) is 39.2 Å². The van der Waals surface area contributed by atoms with E-state index in [0.717, 1.165) is 13.1 Å². The number of carbonyl (C=O) groups excluding carboxylic acids is 1. The summed E-state index contributed by atoms with van der Waals surface area (Å²) in [4.78, 5) is 11.6. The van der Waals surface area contributed by atoms with Gasteiger partial charge in [0, 0.05) is 13.0 Å². The molecule has 1 rings (SSSR count). The van der Waals surface area contributed by atoms with Gasteiger partial charge in [0.25, 0.3) is 0 Å². The fourth-order valence-electron chi connectivity index (χ4n) is 2.16. The van der Waals surface area contributed by atoms with Crippen LogP contribution < -0.4 is 10.6 Å². The van der Waals surface area contributed by atoms with Crippen LogP contribution in [0.3, 0.4) is 0 Å². The molecule has 0 spiro atoms. The molecule has 94 valence electrons. The molecule has 0 aromatic heterocycles. The van der Waals surface area contributed by atoms with Gasteiger partial charge in [-0.15, -0.1) is 0 Å². The monoisotopic (exact) mass is 228 g/mol. The molecule has 1 heterocycles. The van der Waals surface area contributed by atoms with Gasteiger partial charge in [0.2, 0.25) is 5.91 Å². The number of piperidine rings is 1. The van der Waals surface area contributed by atoms with Gasteiger partial charge >= 0.3 is 0 Å². The number of aliphatic hydroxyl groups is 1. The molecule has 4 nitrogen and oxygen atoms in total. The average molecular weight is 228 g/mol. The van der Waals surface area contributed by atoms with Crippen LogP contribution in [0.4, 0.5) is 0 Å². The Balaban J connectivity index is 2.21. The van der Waals surface area contributed by atoms with E-state index >= 15 is 0 Å². The minimum absolute atomic E-state index is 0.0546. The van der Waals surface area contributed by atoms with Crippen LogP contribution in [0.2, 0.25) is 0 Å². The first kappa shape index (κ1) is 13.5. The predicted molar refractivity (Wildman–Crippen MR) is 64.1 cm³/mol. The molecule has 0 aliphatic carbocycles. The summed E-state index contributed by atoms with van der Waals surface area (Å²) in [5, 5.41) is 15.2. The average Bonchev–Trinajstić information content (AvgIpc) is 2.27. The fourth-order valence-corrected chi connectivity index (χ4v) is 2.16. The summed E-state index contributed by atoms with van der Waals surface area (Å²) in [5.41, 5.74) is 0. The number of hydrogen-bond acceptors (Lipinski definition) is 3. The molecule has 2 unspecified atom stereocenters. The maximum Gasteiger partial charge on any atom is 0.220 e. The molecule has 3 atom stereocenters. The van der Waals surface area contributed by atoms with E-state index in [1.807, 2.05) is 0 Å². The number of hydrogen-bond donors (Lipinski definition) is 3. The van der Waals surface area contributed by atoms with Crippen LogP contribution in [0.5, 0.6) is 0 Å². The molecular weight excluding hydrogens is 204 g/mol. The highest BCUT2D eigenvalue weighted by atomic mass is 16.3. The van der Waals surface area contributed by atoms with E-state index in [-0.39, 0.29) is 5.91 Å². The van der Waals surface area contributed by atoms with Gasteiger partial charge in [0.15, 0.2) is 0 Å². The Hall–Kier alpha value is -0.610. The molecule has 16 heavy (non-hydrogen) atoms. The number of nitrogens with one attached hydrogen (secondary N) is 2. The lowest BCUT2D eigenvalue weighted by Crippen LogP contribution is -2.36. The number of aliphatic hydroxyl groups excluding tert-OH is 1. The van der Waals surface area contributed by atoms with E-state index in [1.54, 1.807) is 6.92 Å². The van der Waals surface area contributed by atoms with Gasteiger partial charge in [-0.1, -0.05) is 6.92 Å². The smallest absolute Gasteiger partial charge is 0.220 e. The number of rotatable bonds is 5. The topological polar surface area (TPSA) is 61.4 Å². The van der Waals surface area contributed by atoms with Crippen molar-refractivity contribution in [3.8, 4) is 0 Å². The summed E-state index contributed by atoms with van der Waals surface area (Å²) in [5.74, 6) is 1.09. The maximum absolute atomic E-state index is 11.6. The molecule has 1 saturated heterocycles. The summed E-state index contributed by atoms with van der Waals surface area (Å²) in [6.45, 7) is 6.31. The molecule has 1 aliphatic heterocycles. The Bertz CT molecular complexity index is 213. The van der Waals surface area contributed by atoms with Crippen LogP contribution in [0.1, 0.15) is 33.1 Å². The normalized spacial score (nSPS) is 24.8. The van der Waals surface area contributed by atoms with Crippen molar-refractivity contribution >= 4 is 5.91 Å². The van der Waals surface area contributed by atoms with Crippen molar-refractivity contribution in [3.05, 3.63) is 0 Å². The quantitative estimate of drug-likeness (QED) is 0.642. The van der Waals surface area contributed by atoms with Crippen LogP contribution in [0.15, 0.2) is 0 Å². The van der Waals surface area contributed by atoms with Crippen molar-refractivity contribution in [3.63, 3.8) is 0 Å². The molecule has 0 saturated carbocycles. The molecule has 4 heteroatoms. The summed E-state index contributed by atoms with van der Waals surface area (Å²) in [6, 6.07) is 0. The highest BCUT2D eigenvalue weighted by Crippen LogP contribution is 2.22. The zero-order valence-electron chi connectivity index (χ0n) is 10.3. The van der Waals surface area contributed by atoms with Gasteiger partial charge in [0.05, 0.1) is 6.10 Å². The van der Waals surface area contributed by atoms with Crippen LogP contribution in [0.25, 0.3) is 0 Å². The zero-order valence-corrected chi connectivity index (χ0v) is 10.3. The van der Waals surface area contributed by atoms with Gasteiger partial charge in [0.1, 0.15) is 0 Å². The molecule has 3 N–H and O–H groups in total. The van der Waals surface area contributed by atoms with Crippen molar-refractivity contribution < 1.29 is 9.90 Å². The van der Waals surface area contributed by atoms with Gasteiger partial charge in [-0.05, 0) is 44.7 Å². The van der Waals surface area contributed by atoms with Gasteiger partial charge < -0.3 is 15.7 Å². The van der Waals surface area contributed by atoms with Crippen molar-refractivity contribution in [2.24, 2.45) is 11.8 Å². The Kier molecular flexibility index (Phi) is 5.77. The van der Waals surface area contributed by atoms with E-state index in [4.69, 9.17) is 5.11 Å². The fraction of sp³-hybridized carbons (Fsp3) is 0.917. The van der Waals surface area contributed by atoms with Crippen LogP contribution in [0, 0.1) is 11.8 Å². The second kappa shape index (κ2) is 6.86. The van der Waals surface area contributed by atoms with Crippen molar-refractivity contribution in [1.29, 1.82) is 0 Å². The van der Waals surface area contributed by atoms with Gasteiger partial charge in [-0.2, -0.15) is 0 Å². The first-order valence-electron chi connectivity index (χ1n) is 6.25. The third kappa shape index (κ3) is 4.94. The molecule has 0 aromatic carbocycles. The van der Waals surface area contributed by atoms with E-state index in [2.05, 4.69) is 17.6 Å². The standard InChI is InChI=1S/C12H24N2O2/c1-9(11-4-3-5-13-8-11)6-12(16)14-7-10(2)15/h9-11,13,15H,3-8H2,1-2H3,(H,14,16)/t9?,10-,11?/m0/s1. The maximum atomic E-state index is 11.6. The predicted octanol–water partition coefficient (Wildman–Crippen LogP) is 0.509. The lowest BCUT2D eigenvalue weighted by atomic mass is 9.85. The van der Waals surface area contributed by atoms with E-state index < -0.39 is 6.10 Å². The van der Waals surface area contributed by atoms with E-state index in [9.17, 15) is 4.79 Å². The first-order valence-corrected chi connectivity index (χ1v) is 6.25. The number of amides is 1. The number of carbonyl (C=O) groups is 1. The van der Waals surface area contributed by atoms with Crippen LogP contribution >= 0.6 is 0 Å². The molecular formula is C12H24N2O2. The van der Waals surface area contributed by atoms with Gasteiger partial charge in [-0.25, -0.2) is 0 Å². The highest BCUT2D eigenvalue weighted by molar-refractivity contribution is 5.76. The van der Waals surface area contributed by atoms with E-state index in [0.29, 0.717) is 24.8 Å². The van der Waals surface area contributed by atoms with Crippen molar-refractivity contribution in [2.75, 3.05) is 19.6 Å². The molecule has 0 bridgehead atoms. The lowest BCUT2D eigenvalue weighted by Gasteiger charge is -2.28. The molecule has 1 amide bonds. The molecule has 1 fully saturated rings. The molecule has 0 aromatic rings. The third-order valence-electron chi connectivity index (χ3n) is 3.24. The first-order chi connectivity index (χ1) is 7.59. The summed E-state index contributed by atoms with van der Waals surface area (Å²) >= 11 is 0.